The SMILES string of the molecule is CO/C(=C\C(=C/CCCCl)O[Si](C)(C)C)O[Si](C)(C)C. The lowest BCUT2D eigenvalue weighted by atomic mass is 10.3. The molecule has 0 heterocycles. The molecular formula is C14H29ClO3Si2. The molecule has 0 radical (unpaired) electrons. The first-order chi connectivity index (χ1) is 9.07. The third-order valence-corrected chi connectivity index (χ3v) is 3.90. The van der Waals surface area contributed by atoms with Gasteiger partial charge in [-0.05, 0) is 58.2 Å². The lowest BCUT2D eigenvalue weighted by Gasteiger charge is -2.23. The second kappa shape index (κ2) is 8.79. The fraction of sp³-hybridized carbons (Fsp3) is 0.714. The maximum atomic E-state index is 6.07. The molecule has 0 N–H and O–H groups in total. The fourth-order valence-corrected chi connectivity index (χ4v) is 3.10. The topological polar surface area (TPSA) is 27.7 Å². The molecule has 0 fully saturated rings. The van der Waals surface area contributed by atoms with Gasteiger partial charge in [0.15, 0.2) is 0 Å². The molecular weight excluding hydrogens is 308 g/mol. The summed E-state index contributed by atoms with van der Waals surface area (Å²) in [5.74, 6) is 2.01. The van der Waals surface area contributed by atoms with E-state index in [1.807, 2.05) is 6.08 Å². The number of ether oxygens (including phenoxy) is 1. The van der Waals surface area contributed by atoms with Crippen LogP contribution in [0.3, 0.4) is 0 Å². The zero-order valence-corrected chi connectivity index (χ0v) is 16.6. The van der Waals surface area contributed by atoms with Crippen molar-refractivity contribution in [1.29, 1.82) is 0 Å². The van der Waals surface area contributed by atoms with Crippen molar-refractivity contribution in [3.8, 4) is 0 Å². The Bertz CT molecular complexity index is 341. The van der Waals surface area contributed by atoms with Crippen molar-refractivity contribution in [2.45, 2.75) is 52.1 Å². The van der Waals surface area contributed by atoms with Crippen LogP contribution in [0.2, 0.25) is 39.3 Å². The molecule has 0 unspecified atom stereocenters. The van der Waals surface area contributed by atoms with Crippen LogP contribution in [-0.2, 0) is 13.6 Å². The van der Waals surface area contributed by atoms with Crippen LogP contribution in [0.5, 0.6) is 0 Å². The van der Waals surface area contributed by atoms with Crippen molar-refractivity contribution in [2.24, 2.45) is 0 Å². The summed E-state index contributed by atoms with van der Waals surface area (Å²) in [6.07, 6.45) is 5.74. The van der Waals surface area contributed by atoms with Gasteiger partial charge in [-0.2, -0.15) is 0 Å². The van der Waals surface area contributed by atoms with Crippen LogP contribution < -0.4 is 0 Å². The van der Waals surface area contributed by atoms with Crippen molar-refractivity contribution in [2.75, 3.05) is 13.0 Å². The van der Waals surface area contributed by atoms with Gasteiger partial charge in [0.2, 0.25) is 16.6 Å². The van der Waals surface area contributed by atoms with Gasteiger partial charge in [-0.3, -0.25) is 0 Å². The van der Waals surface area contributed by atoms with Crippen LogP contribution in [0.1, 0.15) is 12.8 Å². The highest BCUT2D eigenvalue weighted by Crippen LogP contribution is 2.18. The highest BCUT2D eigenvalue weighted by Gasteiger charge is 2.20. The first kappa shape index (κ1) is 19.6. The number of alkyl halides is 1. The first-order valence-corrected chi connectivity index (χ1v) is 14.3. The molecule has 0 atom stereocenters. The van der Waals surface area contributed by atoms with E-state index in [-0.39, 0.29) is 0 Å². The van der Waals surface area contributed by atoms with Crippen LogP contribution in [0.15, 0.2) is 23.9 Å². The molecule has 0 aromatic heterocycles. The monoisotopic (exact) mass is 336 g/mol. The summed E-state index contributed by atoms with van der Waals surface area (Å²) in [7, 11) is -1.73. The minimum absolute atomic E-state index is 0.527. The summed E-state index contributed by atoms with van der Waals surface area (Å²) in [6.45, 7) is 12.8. The predicted molar refractivity (Wildman–Crippen MR) is 92.0 cm³/mol. The Balaban J connectivity index is 5.03. The summed E-state index contributed by atoms with van der Waals surface area (Å²) >= 11 is 5.72. The van der Waals surface area contributed by atoms with E-state index < -0.39 is 16.6 Å². The zero-order chi connectivity index (χ0) is 15.8. The highest BCUT2D eigenvalue weighted by atomic mass is 35.5. The minimum Gasteiger partial charge on any atom is -0.544 e. The Morgan fingerprint density at radius 1 is 1.00 bits per heavy atom. The van der Waals surface area contributed by atoms with Crippen LogP contribution in [-0.4, -0.2) is 29.6 Å². The van der Waals surface area contributed by atoms with Crippen molar-refractivity contribution in [1.82, 2.24) is 0 Å². The quantitative estimate of drug-likeness (QED) is 0.193. The molecule has 0 rings (SSSR count). The summed E-state index contributed by atoms with van der Waals surface area (Å²) in [5, 5.41) is 0. The number of allylic oxidation sites excluding steroid dienone is 2. The zero-order valence-electron chi connectivity index (χ0n) is 13.9. The number of rotatable bonds is 9. The maximum Gasteiger partial charge on any atom is 0.268 e. The molecule has 0 spiro atoms. The largest absolute Gasteiger partial charge is 0.544 e. The molecule has 0 aromatic rings. The molecule has 0 amide bonds. The summed E-state index contributed by atoms with van der Waals surface area (Å²) in [6, 6.07) is 0. The number of unbranched alkanes of at least 4 members (excludes halogenated alkanes) is 1. The van der Waals surface area contributed by atoms with E-state index in [4.69, 9.17) is 25.2 Å². The number of hydrogen-bond donors (Lipinski definition) is 0. The Hall–Kier alpha value is -0.396. The van der Waals surface area contributed by atoms with Crippen molar-refractivity contribution < 1.29 is 13.6 Å². The van der Waals surface area contributed by atoms with Gasteiger partial charge in [-0.25, -0.2) is 0 Å². The average Bonchev–Trinajstić information content (AvgIpc) is 2.24. The van der Waals surface area contributed by atoms with E-state index >= 15 is 0 Å². The fourth-order valence-electron chi connectivity index (χ4n) is 1.35. The molecule has 0 aliphatic rings. The van der Waals surface area contributed by atoms with Gasteiger partial charge >= 0.3 is 0 Å². The van der Waals surface area contributed by atoms with E-state index in [2.05, 4.69) is 45.4 Å². The predicted octanol–water partition coefficient (Wildman–Crippen LogP) is 5.08. The molecule has 0 bridgehead atoms. The van der Waals surface area contributed by atoms with Gasteiger partial charge in [0, 0.05) is 5.88 Å². The molecule has 0 aliphatic carbocycles. The molecule has 0 saturated carbocycles. The molecule has 0 aromatic carbocycles. The van der Waals surface area contributed by atoms with Crippen molar-refractivity contribution in [3.05, 3.63) is 23.9 Å². The molecule has 118 valence electrons. The number of methoxy groups -OCH3 is 1. The van der Waals surface area contributed by atoms with Gasteiger partial charge < -0.3 is 13.6 Å². The standard InChI is InChI=1S/C14H29ClO3Si2/c1-16-14(18-20(5,6)7)12-13(10-8-9-11-15)17-19(2,3)4/h10,12H,8-9,11H2,1-7H3/b13-10+,14-12+. The molecule has 0 aliphatic heterocycles. The van der Waals surface area contributed by atoms with Crippen molar-refractivity contribution >= 4 is 28.2 Å². The Morgan fingerprint density at radius 3 is 1.95 bits per heavy atom. The second-order valence-electron chi connectivity index (χ2n) is 6.53. The van der Waals surface area contributed by atoms with Crippen LogP contribution in [0.4, 0.5) is 0 Å². The second-order valence-corrected chi connectivity index (χ2v) is 15.8. The maximum absolute atomic E-state index is 6.07. The van der Waals surface area contributed by atoms with Gasteiger partial charge in [-0.15, -0.1) is 11.6 Å². The summed E-state index contributed by atoms with van der Waals surface area (Å²) < 4.78 is 17.3. The minimum atomic E-state index is -1.69. The van der Waals surface area contributed by atoms with E-state index in [1.165, 1.54) is 0 Å². The molecule has 6 heteroatoms. The summed E-state index contributed by atoms with van der Waals surface area (Å²) in [4.78, 5) is 0. The van der Waals surface area contributed by atoms with E-state index in [9.17, 15) is 0 Å². The first-order valence-electron chi connectivity index (χ1n) is 6.97. The Kier molecular flexibility index (Phi) is 8.62. The molecule has 3 nitrogen and oxygen atoms in total. The van der Waals surface area contributed by atoms with Gasteiger partial charge in [-0.1, -0.05) is 0 Å². The Morgan fingerprint density at radius 2 is 1.55 bits per heavy atom. The number of halogens is 1. The number of hydrogen-bond acceptors (Lipinski definition) is 3. The summed E-state index contributed by atoms with van der Waals surface area (Å²) in [5.41, 5.74) is 0. The van der Waals surface area contributed by atoms with Crippen LogP contribution in [0.25, 0.3) is 0 Å². The van der Waals surface area contributed by atoms with E-state index in [0.717, 1.165) is 18.6 Å². The van der Waals surface area contributed by atoms with Gasteiger partial charge in [0.1, 0.15) is 5.76 Å². The highest BCUT2D eigenvalue weighted by molar-refractivity contribution is 6.70. The Labute approximate surface area is 131 Å². The van der Waals surface area contributed by atoms with Crippen molar-refractivity contribution in [3.63, 3.8) is 0 Å². The molecule has 0 saturated heterocycles. The smallest absolute Gasteiger partial charge is 0.268 e. The van der Waals surface area contributed by atoms with E-state index in [1.54, 1.807) is 7.11 Å². The third kappa shape index (κ3) is 11.4. The lowest BCUT2D eigenvalue weighted by Crippen LogP contribution is -2.26. The van der Waals surface area contributed by atoms with Gasteiger partial charge in [0.25, 0.3) is 5.95 Å². The van der Waals surface area contributed by atoms with Crippen LogP contribution in [0, 0.1) is 0 Å². The lowest BCUT2D eigenvalue weighted by molar-refractivity contribution is 0.145. The van der Waals surface area contributed by atoms with Crippen LogP contribution >= 0.6 is 11.6 Å². The molecule has 20 heavy (non-hydrogen) atoms. The van der Waals surface area contributed by atoms with E-state index in [0.29, 0.717) is 11.8 Å². The normalized spacial score (nSPS) is 14.2. The van der Waals surface area contributed by atoms with Gasteiger partial charge in [0.05, 0.1) is 13.2 Å². The third-order valence-electron chi connectivity index (χ3n) is 1.98. The average molecular weight is 337 g/mol.